The first-order chi connectivity index (χ1) is 13.7. The number of para-hydroxylation sites is 1. The van der Waals surface area contributed by atoms with E-state index in [9.17, 15) is 17.6 Å². The molecule has 0 radical (unpaired) electrons. The summed E-state index contributed by atoms with van der Waals surface area (Å²) < 4.78 is 44.1. The van der Waals surface area contributed by atoms with Gasteiger partial charge in [0.2, 0.25) is 0 Å². The van der Waals surface area contributed by atoms with Crippen molar-refractivity contribution in [2.24, 2.45) is 5.10 Å². The summed E-state index contributed by atoms with van der Waals surface area (Å²) in [6.45, 7) is 5.12. The number of aromatic nitrogens is 2. The molecule has 1 aliphatic rings. The highest BCUT2D eigenvalue weighted by molar-refractivity contribution is 7.91. The topological polar surface area (TPSA) is 103 Å². The molecule has 1 fully saturated rings. The Balaban J connectivity index is 1.64. The number of rotatable bonds is 6. The largest absolute Gasteiger partial charge is 0.478 e. The van der Waals surface area contributed by atoms with E-state index in [-0.39, 0.29) is 23.3 Å². The lowest BCUT2D eigenvalue weighted by atomic mass is 10.2. The van der Waals surface area contributed by atoms with Gasteiger partial charge in [-0.2, -0.15) is 10.2 Å². The van der Waals surface area contributed by atoms with Crippen molar-refractivity contribution in [2.45, 2.75) is 39.3 Å². The van der Waals surface area contributed by atoms with Crippen LogP contribution in [0.5, 0.6) is 5.75 Å². The third-order valence-electron chi connectivity index (χ3n) is 4.81. The molecule has 0 unspecified atom stereocenters. The van der Waals surface area contributed by atoms with E-state index in [0.717, 1.165) is 5.69 Å². The number of sulfone groups is 1. The standard InChI is InChI=1S/C19H23FN4O4S/c1-12-16(13(2)24(23-12)15-8-9-29(26,27)11-15)10-21-22-19(25)14(3)28-18-7-5-4-6-17(18)20/h4-7,10,14-15H,8-9,11H2,1-3H3,(H,22,25)/b21-10-/t14-,15+/m1/s1. The van der Waals surface area contributed by atoms with Crippen molar-refractivity contribution in [3.05, 3.63) is 47.0 Å². The van der Waals surface area contributed by atoms with Crippen molar-refractivity contribution < 1.29 is 22.3 Å². The molecule has 3 rings (SSSR count). The smallest absolute Gasteiger partial charge is 0.280 e. The van der Waals surface area contributed by atoms with Crippen LogP contribution in [0.3, 0.4) is 0 Å². The van der Waals surface area contributed by atoms with Crippen LogP contribution >= 0.6 is 0 Å². The van der Waals surface area contributed by atoms with Crippen LogP contribution in [0.1, 0.15) is 36.3 Å². The zero-order chi connectivity index (χ0) is 21.2. The SMILES string of the molecule is Cc1nn([C@H]2CCS(=O)(=O)C2)c(C)c1/C=N\NC(=O)[C@@H](C)Oc1ccccc1F. The molecule has 1 saturated heterocycles. The van der Waals surface area contributed by atoms with Gasteiger partial charge in [0.05, 0.1) is 29.5 Å². The molecule has 156 valence electrons. The van der Waals surface area contributed by atoms with Crippen LogP contribution in [0.2, 0.25) is 0 Å². The molecule has 1 N–H and O–H groups in total. The van der Waals surface area contributed by atoms with Crippen molar-refractivity contribution in [1.29, 1.82) is 0 Å². The first kappa shape index (κ1) is 21.0. The van der Waals surface area contributed by atoms with Crippen LogP contribution in [0, 0.1) is 19.7 Å². The summed E-state index contributed by atoms with van der Waals surface area (Å²) in [6.07, 6.45) is 1.05. The normalized spacial score (nSPS) is 19.4. The van der Waals surface area contributed by atoms with E-state index in [2.05, 4.69) is 15.6 Å². The number of nitrogens with one attached hydrogen (secondary N) is 1. The van der Waals surface area contributed by atoms with E-state index in [1.807, 2.05) is 6.92 Å². The lowest BCUT2D eigenvalue weighted by molar-refractivity contribution is -0.127. The summed E-state index contributed by atoms with van der Waals surface area (Å²) in [4.78, 5) is 12.1. The molecule has 2 atom stereocenters. The van der Waals surface area contributed by atoms with E-state index in [1.165, 1.54) is 31.3 Å². The number of benzene rings is 1. The maximum atomic E-state index is 13.6. The Morgan fingerprint density at radius 2 is 2.14 bits per heavy atom. The summed E-state index contributed by atoms with van der Waals surface area (Å²) in [7, 11) is -3.02. The molecule has 1 aromatic carbocycles. The molecule has 0 spiro atoms. The van der Waals surface area contributed by atoms with Gasteiger partial charge >= 0.3 is 0 Å². The van der Waals surface area contributed by atoms with Gasteiger partial charge in [0.25, 0.3) is 5.91 Å². The van der Waals surface area contributed by atoms with Crippen LogP contribution in [-0.4, -0.2) is 47.9 Å². The Morgan fingerprint density at radius 3 is 2.79 bits per heavy atom. The van der Waals surface area contributed by atoms with Crippen molar-refractivity contribution in [2.75, 3.05) is 11.5 Å². The summed E-state index contributed by atoms with van der Waals surface area (Å²) in [5, 5.41) is 8.39. The monoisotopic (exact) mass is 422 g/mol. The highest BCUT2D eigenvalue weighted by Crippen LogP contribution is 2.26. The number of amides is 1. The van der Waals surface area contributed by atoms with Crippen LogP contribution < -0.4 is 10.2 Å². The van der Waals surface area contributed by atoms with Gasteiger partial charge in [0.15, 0.2) is 27.5 Å². The van der Waals surface area contributed by atoms with E-state index in [4.69, 9.17) is 4.74 Å². The third-order valence-corrected chi connectivity index (χ3v) is 6.56. The van der Waals surface area contributed by atoms with Gasteiger partial charge in [-0.15, -0.1) is 0 Å². The molecule has 10 heteroatoms. The van der Waals surface area contributed by atoms with Crippen molar-refractivity contribution in [3.63, 3.8) is 0 Å². The van der Waals surface area contributed by atoms with Gasteiger partial charge in [-0.1, -0.05) is 12.1 Å². The number of hydrazone groups is 1. The first-order valence-electron chi connectivity index (χ1n) is 9.18. The molecule has 8 nitrogen and oxygen atoms in total. The Kier molecular flexibility index (Phi) is 6.02. The predicted molar refractivity (Wildman–Crippen MR) is 106 cm³/mol. The molecule has 1 aliphatic heterocycles. The molecule has 1 amide bonds. The van der Waals surface area contributed by atoms with E-state index in [1.54, 1.807) is 17.7 Å². The summed E-state index contributed by atoms with van der Waals surface area (Å²) in [5.41, 5.74) is 4.53. The number of carbonyl (C=O) groups is 1. The van der Waals surface area contributed by atoms with Crippen molar-refractivity contribution >= 4 is 22.0 Å². The highest BCUT2D eigenvalue weighted by atomic mass is 32.2. The van der Waals surface area contributed by atoms with Gasteiger partial charge in [0, 0.05) is 11.3 Å². The zero-order valence-electron chi connectivity index (χ0n) is 16.4. The van der Waals surface area contributed by atoms with E-state index in [0.29, 0.717) is 17.7 Å². The maximum absolute atomic E-state index is 13.6. The molecule has 0 bridgehead atoms. The number of carbonyl (C=O) groups excluding carboxylic acids is 1. The van der Waals surface area contributed by atoms with Gasteiger partial charge in [-0.3, -0.25) is 9.48 Å². The second kappa shape index (κ2) is 8.32. The maximum Gasteiger partial charge on any atom is 0.280 e. The number of hydrogen-bond acceptors (Lipinski definition) is 6. The molecule has 29 heavy (non-hydrogen) atoms. The zero-order valence-corrected chi connectivity index (χ0v) is 17.2. The van der Waals surface area contributed by atoms with Crippen molar-refractivity contribution in [1.82, 2.24) is 15.2 Å². The third kappa shape index (κ3) is 4.81. The number of hydrogen-bond donors (Lipinski definition) is 1. The Hall–Kier alpha value is -2.75. The molecular formula is C19H23FN4O4S. The number of aryl methyl sites for hydroxylation is 1. The lowest BCUT2D eigenvalue weighted by Crippen LogP contribution is -2.33. The lowest BCUT2D eigenvalue weighted by Gasteiger charge is -2.13. The Labute approximate surface area is 168 Å². The average molecular weight is 422 g/mol. The minimum absolute atomic E-state index is 0.0152. The summed E-state index contributed by atoms with van der Waals surface area (Å²) >= 11 is 0. The average Bonchev–Trinajstić information content (AvgIpc) is 3.16. The predicted octanol–water partition coefficient (Wildman–Crippen LogP) is 1.92. The van der Waals surface area contributed by atoms with Gasteiger partial charge in [-0.05, 0) is 39.3 Å². The molecule has 2 aromatic rings. The van der Waals surface area contributed by atoms with Crippen LogP contribution in [0.15, 0.2) is 29.4 Å². The quantitative estimate of drug-likeness (QED) is 0.566. The minimum Gasteiger partial charge on any atom is -0.478 e. The van der Waals surface area contributed by atoms with E-state index >= 15 is 0 Å². The number of ether oxygens (including phenoxy) is 1. The van der Waals surface area contributed by atoms with Gasteiger partial charge < -0.3 is 4.74 Å². The van der Waals surface area contributed by atoms with Crippen molar-refractivity contribution in [3.8, 4) is 5.75 Å². The van der Waals surface area contributed by atoms with Crippen LogP contribution in [0.4, 0.5) is 4.39 Å². The van der Waals surface area contributed by atoms with E-state index < -0.39 is 27.7 Å². The fourth-order valence-corrected chi connectivity index (χ4v) is 4.91. The molecule has 0 saturated carbocycles. The Morgan fingerprint density at radius 1 is 1.41 bits per heavy atom. The number of halogens is 1. The second-order valence-electron chi connectivity index (χ2n) is 7.01. The first-order valence-corrected chi connectivity index (χ1v) is 11.0. The number of nitrogens with zero attached hydrogens (tertiary/aromatic N) is 3. The fourth-order valence-electron chi connectivity index (χ4n) is 3.22. The fraction of sp³-hybridized carbons (Fsp3) is 0.421. The molecule has 0 aliphatic carbocycles. The molecule has 1 aromatic heterocycles. The molecular weight excluding hydrogens is 399 g/mol. The Bertz CT molecular complexity index is 1050. The van der Waals surface area contributed by atoms with Gasteiger partial charge in [-0.25, -0.2) is 18.2 Å². The summed E-state index contributed by atoms with van der Waals surface area (Å²) in [6, 6.07) is 5.64. The van der Waals surface area contributed by atoms with Gasteiger partial charge in [0.1, 0.15) is 0 Å². The molecule has 2 heterocycles. The van der Waals surface area contributed by atoms with Crippen LogP contribution in [0.25, 0.3) is 0 Å². The summed E-state index contributed by atoms with van der Waals surface area (Å²) in [5.74, 6) is -0.862. The minimum atomic E-state index is -3.02. The second-order valence-corrected chi connectivity index (χ2v) is 9.24. The highest BCUT2D eigenvalue weighted by Gasteiger charge is 2.31. The van der Waals surface area contributed by atoms with Crippen LogP contribution in [-0.2, 0) is 14.6 Å².